The van der Waals surface area contributed by atoms with E-state index in [1.807, 2.05) is 27.7 Å². The van der Waals surface area contributed by atoms with Crippen LogP contribution in [0.5, 0.6) is 0 Å². The maximum Gasteiger partial charge on any atom is 0.239 e. The van der Waals surface area contributed by atoms with E-state index in [0.29, 0.717) is 6.54 Å². The molecular formula is C13H23N3O2. The van der Waals surface area contributed by atoms with Gasteiger partial charge in [-0.05, 0) is 5.92 Å². The number of aliphatic hydroxyl groups excluding tert-OH is 1. The predicted molar refractivity (Wildman–Crippen MR) is 69.9 cm³/mol. The van der Waals surface area contributed by atoms with Crippen molar-refractivity contribution in [2.45, 2.75) is 40.3 Å². The first kappa shape index (κ1) is 14.7. The molecule has 0 aliphatic heterocycles. The molecular weight excluding hydrogens is 230 g/mol. The van der Waals surface area contributed by atoms with E-state index in [4.69, 9.17) is 0 Å². The second-order valence-corrected chi connectivity index (χ2v) is 5.69. The minimum atomic E-state index is -0.439. The molecule has 102 valence electrons. The maximum absolute atomic E-state index is 11.7. The molecule has 5 heteroatoms. The third-order valence-corrected chi connectivity index (χ3v) is 3.06. The summed E-state index contributed by atoms with van der Waals surface area (Å²) in [4.78, 5) is 15.6. The molecule has 1 rings (SSSR count). The SMILES string of the molecule is CC(C)C(O)C(C)(C)CNC(=O)Cn1ccnc1. The van der Waals surface area contributed by atoms with Crippen LogP contribution < -0.4 is 5.32 Å². The van der Waals surface area contributed by atoms with Crippen molar-refractivity contribution in [3.05, 3.63) is 18.7 Å². The number of rotatable bonds is 6. The van der Waals surface area contributed by atoms with E-state index in [0.717, 1.165) is 0 Å². The van der Waals surface area contributed by atoms with Crippen LogP contribution >= 0.6 is 0 Å². The number of imidazole rings is 1. The van der Waals surface area contributed by atoms with E-state index in [1.54, 1.807) is 23.3 Å². The van der Waals surface area contributed by atoms with Crippen LogP contribution in [0.2, 0.25) is 0 Å². The number of carbonyl (C=O) groups is 1. The fourth-order valence-corrected chi connectivity index (χ4v) is 1.94. The molecule has 0 fully saturated rings. The lowest BCUT2D eigenvalue weighted by Gasteiger charge is -2.33. The van der Waals surface area contributed by atoms with Crippen molar-refractivity contribution in [1.29, 1.82) is 0 Å². The largest absolute Gasteiger partial charge is 0.392 e. The molecule has 0 aliphatic carbocycles. The van der Waals surface area contributed by atoms with Gasteiger partial charge >= 0.3 is 0 Å². The highest BCUT2D eigenvalue weighted by atomic mass is 16.3. The Morgan fingerprint density at radius 2 is 2.17 bits per heavy atom. The quantitative estimate of drug-likeness (QED) is 0.796. The van der Waals surface area contributed by atoms with Gasteiger partial charge in [0.1, 0.15) is 6.54 Å². The molecule has 1 atom stereocenters. The van der Waals surface area contributed by atoms with Gasteiger partial charge in [-0.15, -0.1) is 0 Å². The number of aliphatic hydroxyl groups is 1. The smallest absolute Gasteiger partial charge is 0.239 e. The van der Waals surface area contributed by atoms with Crippen molar-refractivity contribution < 1.29 is 9.90 Å². The molecule has 0 aromatic carbocycles. The highest BCUT2D eigenvalue weighted by Gasteiger charge is 2.30. The maximum atomic E-state index is 11.7. The summed E-state index contributed by atoms with van der Waals surface area (Å²) in [6, 6.07) is 0. The first-order chi connectivity index (χ1) is 8.33. The summed E-state index contributed by atoms with van der Waals surface area (Å²) in [6.45, 7) is 8.57. The molecule has 0 spiro atoms. The van der Waals surface area contributed by atoms with Gasteiger partial charge in [-0.1, -0.05) is 27.7 Å². The van der Waals surface area contributed by atoms with Gasteiger partial charge in [-0.25, -0.2) is 4.98 Å². The van der Waals surface area contributed by atoms with Crippen molar-refractivity contribution in [2.75, 3.05) is 6.54 Å². The summed E-state index contributed by atoms with van der Waals surface area (Å²) in [6.07, 6.45) is 4.55. The minimum absolute atomic E-state index is 0.0722. The first-order valence-corrected chi connectivity index (χ1v) is 6.23. The Kier molecular flexibility index (Phi) is 4.90. The Morgan fingerprint density at radius 3 is 2.67 bits per heavy atom. The summed E-state index contributed by atoms with van der Waals surface area (Å²) >= 11 is 0. The topological polar surface area (TPSA) is 67.2 Å². The lowest BCUT2D eigenvalue weighted by atomic mass is 9.81. The van der Waals surface area contributed by atoms with E-state index in [-0.39, 0.29) is 23.8 Å². The normalized spacial score (nSPS) is 13.7. The molecule has 0 saturated carbocycles. The number of nitrogens with zero attached hydrogens (tertiary/aromatic N) is 2. The van der Waals surface area contributed by atoms with Crippen LogP contribution in [0.3, 0.4) is 0 Å². The van der Waals surface area contributed by atoms with Gasteiger partial charge in [0.05, 0.1) is 12.4 Å². The Morgan fingerprint density at radius 1 is 1.50 bits per heavy atom. The number of carbonyl (C=O) groups excluding carboxylic acids is 1. The van der Waals surface area contributed by atoms with Gasteiger partial charge < -0.3 is 15.0 Å². The van der Waals surface area contributed by atoms with Crippen LogP contribution in [0.1, 0.15) is 27.7 Å². The van der Waals surface area contributed by atoms with Gasteiger partial charge in [0.15, 0.2) is 0 Å². The van der Waals surface area contributed by atoms with Gasteiger partial charge in [0, 0.05) is 24.4 Å². The molecule has 18 heavy (non-hydrogen) atoms. The van der Waals surface area contributed by atoms with E-state index in [2.05, 4.69) is 10.3 Å². The summed E-state index contributed by atoms with van der Waals surface area (Å²) in [5.74, 6) is 0.0996. The van der Waals surface area contributed by atoms with Crippen LogP contribution in [0, 0.1) is 11.3 Å². The molecule has 1 aromatic rings. The first-order valence-electron chi connectivity index (χ1n) is 6.23. The monoisotopic (exact) mass is 253 g/mol. The number of aromatic nitrogens is 2. The third kappa shape index (κ3) is 4.14. The lowest BCUT2D eigenvalue weighted by Crippen LogP contribution is -2.44. The summed E-state index contributed by atoms with van der Waals surface area (Å²) in [7, 11) is 0. The van der Waals surface area contributed by atoms with Crippen LogP contribution in [0.15, 0.2) is 18.7 Å². The van der Waals surface area contributed by atoms with Gasteiger partial charge in [-0.3, -0.25) is 4.79 Å². The predicted octanol–water partition coefficient (Wildman–Crippen LogP) is 1.04. The van der Waals surface area contributed by atoms with Gasteiger partial charge in [0.2, 0.25) is 5.91 Å². The third-order valence-electron chi connectivity index (χ3n) is 3.06. The molecule has 1 aromatic heterocycles. The average molecular weight is 253 g/mol. The Bertz CT molecular complexity index is 372. The molecule has 0 bridgehead atoms. The molecule has 1 amide bonds. The highest BCUT2D eigenvalue weighted by molar-refractivity contribution is 5.75. The molecule has 1 unspecified atom stereocenters. The van der Waals surface area contributed by atoms with E-state index < -0.39 is 6.10 Å². The molecule has 5 nitrogen and oxygen atoms in total. The Hall–Kier alpha value is -1.36. The number of hydrogen-bond acceptors (Lipinski definition) is 3. The summed E-state index contributed by atoms with van der Waals surface area (Å²) in [5.41, 5.74) is -0.335. The van der Waals surface area contributed by atoms with E-state index in [1.165, 1.54) is 0 Å². The van der Waals surface area contributed by atoms with Gasteiger partial charge in [-0.2, -0.15) is 0 Å². The Labute approximate surface area is 108 Å². The highest BCUT2D eigenvalue weighted by Crippen LogP contribution is 2.24. The number of amides is 1. The fourth-order valence-electron chi connectivity index (χ4n) is 1.94. The zero-order chi connectivity index (χ0) is 13.8. The molecule has 1 heterocycles. The molecule has 2 N–H and O–H groups in total. The van der Waals surface area contributed by atoms with Crippen molar-refractivity contribution >= 4 is 5.91 Å². The Balaban J connectivity index is 2.42. The standard InChI is InChI=1S/C13H23N3O2/c1-10(2)12(18)13(3,4)8-15-11(17)7-16-6-5-14-9-16/h5-6,9-10,12,18H,7-8H2,1-4H3,(H,15,17). The lowest BCUT2D eigenvalue weighted by molar-refractivity contribution is -0.122. The molecule has 0 radical (unpaired) electrons. The van der Waals surface area contributed by atoms with Crippen molar-refractivity contribution in [1.82, 2.24) is 14.9 Å². The van der Waals surface area contributed by atoms with Crippen LogP contribution in [0.4, 0.5) is 0 Å². The molecule has 0 saturated heterocycles. The summed E-state index contributed by atoms with van der Waals surface area (Å²) < 4.78 is 1.71. The summed E-state index contributed by atoms with van der Waals surface area (Å²) in [5, 5.41) is 12.9. The zero-order valence-electron chi connectivity index (χ0n) is 11.6. The number of nitrogens with one attached hydrogen (secondary N) is 1. The van der Waals surface area contributed by atoms with Gasteiger partial charge in [0.25, 0.3) is 0 Å². The second kappa shape index (κ2) is 6.00. The van der Waals surface area contributed by atoms with Crippen LogP contribution in [-0.2, 0) is 11.3 Å². The molecule has 0 aliphatic rings. The van der Waals surface area contributed by atoms with Crippen molar-refractivity contribution in [2.24, 2.45) is 11.3 Å². The minimum Gasteiger partial charge on any atom is -0.392 e. The van der Waals surface area contributed by atoms with Crippen molar-refractivity contribution in [3.8, 4) is 0 Å². The zero-order valence-corrected chi connectivity index (χ0v) is 11.6. The second-order valence-electron chi connectivity index (χ2n) is 5.69. The van der Waals surface area contributed by atoms with Crippen LogP contribution in [-0.4, -0.2) is 33.2 Å². The number of hydrogen-bond donors (Lipinski definition) is 2. The van der Waals surface area contributed by atoms with E-state index in [9.17, 15) is 9.90 Å². The average Bonchev–Trinajstić information content (AvgIpc) is 2.78. The van der Waals surface area contributed by atoms with Crippen LogP contribution in [0.25, 0.3) is 0 Å². The fraction of sp³-hybridized carbons (Fsp3) is 0.692. The van der Waals surface area contributed by atoms with E-state index >= 15 is 0 Å². The van der Waals surface area contributed by atoms with Crippen molar-refractivity contribution in [3.63, 3.8) is 0 Å².